The highest BCUT2D eigenvalue weighted by Gasteiger charge is 2.50. The van der Waals surface area contributed by atoms with E-state index >= 15 is 0 Å². The summed E-state index contributed by atoms with van der Waals surface area (Å²) >= 11 is 21.9. The standard InChI is InChI=1S/C25H28N2O2S.C24H24ClN.C24H25NO.CHCl3.CH2F3NO2S.Cl2OS/c1-30(28,29)26-25(22-14-7-3-8-15-22,23-16-9-4-10-17-23)24-18-11-19-27(24)20-21-12-5-2-6-13-21;25-24(21-13-6-2-7-14-21,22-15-8-3-9-16-22)23-17-10-18-26(23)19-20-11-4-1-5-12-20;26-24(21-13-6-2-7-14-21,22-15-8-3-9-16-22)23-17-10-18-25(23)19-20-11-4-1-5-12-20;2-1(3)4;2-1(3,4)8(5,6)7;1-4(2)3/h2-10,12-17,24,26H,11,18-20H2,1H3;1-9,11-16,23H,10,17-19H2;1-9,11-16,23,26H,10,17-19H2;1H;(H2,5,6,7);/t24-;2*23-;;;/m000.../s1. The molecule has 0 aliphatic carbocycles. The Hall–Kier alpha value is -5.68. The minimum atomic E-state index is -5.34. The van der Waals surface area contributed by atoms with Crippen LogP contribution in [0, 0.1) is 0 Å². The van der Waals surface area contributed by atoms with E-state index in [0.717, 1.165) is 93.6 Å². The largest absolute Gasteiger partial charge is 0.511 e. The van der Waals surface area contributed by atoms with E-state index in [1.165, 1.54) is 40.5 Å². The first-order valence-electron chi connectivity index (χ1n) is 31.6. The van der Waals surface area contributed by atoms with E-state index in [4.69, 9.17) is 50.6 Å². The van der Waals surface area contributed by atoms with Crippen LogP contribution in [0.2, 0.25) is 0 Å². The van der Waals surface area contributed by atoms with Crippen molar-refractivity contribution in [2.75, 3.05) is 25.9 Å². The summed E-state index contributed by atoms with van der Waals surface area (Å²) < 4.78 is 88.0. The molecule has 0 saturated carbocycles. The highest BCUT2D eigenvalue weighted by Crippen LogP contribution is 2.47. The Morgan fingerprint density at radius 3 is 0.959 bits per heavy atom. The molecule has 0 amide bonds. The van der Waals surface area contributed by atoms with Crippen molar-refractivity contribution in [3.05, 3.63) is 323 Å². The van der Waals surface area contributed by atoms with Gasteiger partial charge in [-0.2, -0.15) is 17.9 Å². The normalized spacial score (nSPS) is 16.9. The van der Waals surface area contributed by atoms with Crippen molar-refractivity contribution in [3.63, 3.8) is 0 Å². The molecule has 0 bridgehead atoms. The predicted molar refractivity (Wildman–Crippen MR) is 397 cm³/mol. The number of halogens is 9. The molecule has 0 spiro atoms. The molecular formula is C75H80Cl6F3N5O6S3. The minimum Gasteiger partial charge on any atom is -0.379 e. The molecule has 0 aromatic heterocycles. The average molecular weight is 1510 g/mol. The number of nitrogens with one attached hydrogen (secondary N) is 1. The molecule has 522 valence electrons. The van der Waals surface area contributed by atoms with Crippen molar-refractivity contribution in [2.24, 2.45) is 5.14 Å². The maximum Gasteiger partial charge on any atom is 0.511 e. The zero-order valence-corrected chi connectivity index (χ0v) is 60.8. The fourth-order valence-electron chi connectivity index (χ4n) is 13.2. The topological polar surface area (TPSA) is 153 Å². The van der Waals surface area contributed by atoms with E-state index in [0.29, 0.717) is 0 Å². The summed E-state index contributed by atoms with van der Waals surface area (Å²) in [5.41, 5.74) is 2.92. The number of alkyl halides is 7. The quantitative estimate of drug-likeness (QED) is 0.0597. The average Bonchev–Trinajstić information content (AvgIpc) is 1.33. The van der Waals surface area contributed by atoms with Gasteiger partial charge in [-0.15, -0.1) is 11.6 Å². The maximum absolute atomic E-state index is 12.7. The van der Waals surface area contributed by atoms with Crippen LogP contribution in [0.15, 0.2) is 273 Å². The van der Waals surface area contributed by atoms with Gasteiger partial charge in [-0.3, -0.25) is 14.7 Å². The number of aliphatic hydroxyl groups is 1. The first-order valence-corrected chi connectivity index (χ1v) is 39.5. The molecule has 9 aromatic carbocycles. The van der Waals surface area contributed by atoms with Crippen LogP contribution in [-0.2, 0) is 64.9 Å². The van der Waals surface area contributed by atoms with Crippen LogP contribution < -0.4 is 9.86 Å². The Bertz CT molecular complexity index is 3750. The highest BCUT2D eigenvalue weighted by atomic mass is 36.0. The zero-order chi connectivity index (χ0) is 70.8. The lowest BCUT2D eigenvalue weighted by molar-refractivity contribution is -0.0436. The van der Waals surface area contributed by atoms with E-state index in [1.807, 2.05) is 127 Å². The molecule has 11 nitrogen and oxygen atoms in total. The lowest BCUT2D eigenvalue weighted by Crippen LogP contribution is -2.58. The monoisotopic (exact) mass is 1510 g/mol. The minimum absolute atomic E-state index is 0.00256. The number of primary sulfonamides is 1. The SMILES string of the molecule is CS(=O)(=O)NC(c1ccccc1)(c1ccccc1)[C@@H]1CCCN1Cc1ccccc1.ClC(Cl)Cl.ClC(c1ccccc1)(c1ccccc1)[C@@H]1CCCN1Cc1ccccc1.NS(=O)(=O)C(F)(F)F.O=S(Cl)Cl.OC(c1ccccc1)(c1ccccc1)[C@@H]1CCCN1Cc1ccccc1. The van der Waals surface area contributed by atoms with Gasteiger partial charge in [0.25, 0.3) is 0 Å². The molecule has 3 fully saturated rings. The number of nitrogens with two attached hydrogens (primary N) is 1. The fraction of sp³-hybridized carbons (Fsp3) is 0.280. The third-order valence-corrected chi connectivity index (χ3v) is 19.2. The summed E-state index contributed by atoms with van der Waals surface area (Å²) in [5, 5.41) is 15.7. The number of hydrogen-bond donors (Lipinski definition) is 3. The third-order valence-electron chi connectivity index (χ3n) is 17.2. The molecule has 3 aliphatic rings. The molecule has 0 unspecified atom stereocenters. The summed E-state index contributed by atoms with van der Waals surface area (Å²) in [4.78, 5) is 6.89. The molecular weight excluding hydrogens is 1430 g/mol. The third kappa shape index (κ3) is 22.9. The Kier molecular flexibility index (Phi) is 31.2. The molecule has 12 rings (SSSR count). The van der Waals surface area contributed by atoms with E-state index in [1.54, 1.807) is 0 Å². The molecule has 3 saturated heterocycles. The van der Waals surface area contributed by atoms with Gasteiger partial charge in [0.2, 0.25) is 19.2 Å². The van der Waals surface area contributed by atoms with Gasteiger partial charge in [0.15, 0.2) is 4.30 Å². The van der Waals surface area contributed by atoms with Gasteiger partial charge < -0.3 is 5.11 Å². The molecule has 9 aromatic rings. The first-order chi connectivity index (χ1) is 46.8. The zero-order valence-electron chi connectivity index (χ0n) is 53.8. The van der Waals surface area contributed by atoms with Gasteiger partial charge in [-0.1, -0.05) is 308 Å². The van der Waals surface area contributed by atoms with E-state index in [-0.39, 0.29) is 18.1 Å². The van der Waals surface area contributed by atoms with Crippen LogP contribution >= 0.6 is 67.8 Å². The second kappa shape index (κ2) is 38.4. The van der Waals surface area contributed by atoms with Crippen molar-refractivity contribution >= 4 is 97.0 Å². The summed E-state index contributed by atoms with van der Waals surface area (Å²) in [6, 6.07) is 93.4. The Labute approximate surface area is 607 Å². The number of nitrogens with zero attached hydrogens (tertiary/aromatic N) is 3. The number of likely N-dealkylation sites (tertiary alicyclic amines) is 3. The summed E-state index contributed by atoms with van der Waals surface area (Å²) in [5.74, 6) is 0. The molecule has 3 aliphatic heterocycles. The van der Waals surface area contributed by atoms with Crippen LogP contribution in [0.4, 0.5) is 13.2 Å². The van der Waals surface area contributed by atoms with Gasteiger partial charge >= 0.3 is 15.5 Å². The van der Waals surface area contributed by atoms with Gasteiger partial charge in [0.1, 0.15) is 10.5 Å². The van der Waals surface area contributed by atoms with Crippen molar-refractivity contribution < 1.29 is 39.3 Å². The van der Waals surface area contributed by atoms with Crippen LogP contribution in [0.3, 0.4) is 0 Å². The van der Waals surface area contributed by atoms with Crippen LogP contribution in [0.5, 0.6) is 0 Å². The second-order valence-electron chi connectivity index (χ2n) is 23.6. The first kappa shape index (κ1) is 79.6. The Morgan fingerprint density at radius 2 is 0.684 bits per heavy atom. The summed E-state index contributed by atoms with van der Waals surface area (Å²) in [6.07, 6.45) is 7.60. The second-order valence-corrected chi connectivity index (χ2v) is 32.0. The van der Waals surface area contributed by atoms with Gasteiger partial charge in [-0.05, 0) is 108 Å². The maximum atomic E-state index is 12.7. The Morgan fingerprint density at radius 1 is 0.459 bits per heavy atom. The number of hydrogen-bond acceptors (Lipinski definition) is 9. The molecule has 0 radical (unpaired) electrons. The van der Waals surface area contributed by atoms with Gasteiger partial charge in [0.05, 0.1) is 11.8 Å². The molecule has 23 heteroatoms. The number of benzene rings is 9. The predicted octanol–water partition coefficient (Wildman–Crippen LogP) is 17.4. The van der Waals surface area contributed by atoms with E-state index in [9.17, 15) is 35.1 Å². The van der Waals surface area contributed by atoms with E-state index < -0.39 is 55.1 Å². The van der Waals surface area contributed by atoms with Crippen molar-refractivity contribution in [1.29, 1.82) is 0 Å². The summed E-state index contributed by atoms with van der Waals surface area (Å²) in [7, 11) is -1.47. The lowest BCUT2D eigenvalue weighted by atomic mass is 9.76. The van der Waals surface area contributed by atoms with Crippen LogP contribution in [0.1, 0.15) is 88.6 Å². The van der Waals surface area contributed by atoms with Crippen molar-refractivity contribution in [2.45, 2.75) is 102 Å². The van der Waals surface area contributed by atoms with Crippen LogP contribution in [-0.4, -0.2) is 94.7 Å². The Balaban J connectivity index is 0.000000186. The number of rotatable bonds is 17. The molecule has 98 heavy (non-hydrogen) atoms. The van der Waals surface area contributed by atoms with Crippen molar-refractivity contribution in [3.8, 4) is 0 Å². The van der Waals surface area contributed by atoms with Crippen LogP contribution in [0.25, 0.3) is 0 Å². The molecule has 4 N–H and O–H groups in total. The van der Waals surface area contributed by atoms with E-state index in [2.05, 4.69) is 192 Å². The number of sulfonamides is 2. The van der Waals surface area contributed by atoms with Crippen molar-refractivity contribution in [1.82, 2.24) is 19.4 Å². The smallest absolute Gasteiger partial charge is 0.379 e. The fourth-order valence-corrected chi connectivity index (χ4v) is 14.7. The van der Waals surface area contributed by atoms with Gasteiger partial charge in [0, 0.05) is 59.1 Å². The molecule has 3 heterocycles. The summed E-state index contributed by atoms with van der Waals surface area (Å²) in [6.45, 7) is 5.65. The highest BCUT2D eigenvalue weighted by molar-refractivity contribution is 8.26. The lowest BCUT2D eigenvalue weighted by Gasteiger charge is -2.44. The molecule has 3 atom stereocenters. The van der Waals surface area contributed by atoms with Gasteiger partial charge in [-0.25, -0.2) is 26.2 Å².